The number of imidazole rings is 1. The normalized spacial score (nSPS) is 12.6. The summed E-state index contributed by atoms with van der Waals surface area (Å²) >= 11 is 3.44. The van der Waals surface area contributed by atoms with Crippen molar-refractivity contribution < 1.29 is 0 Å². The molecule has 0 aliphatic rings. The number of hydrogen-bond donors (Lipinski definition) is 3. The number of hydrazine groups is 1. The summed E-state index contributed by atoms with van der Waals surface area (Å²) in [7, 11) is 0. The standard InChI is InChI=1S/C12H16BrN5/c1-2-18-6-5-16-12(18)11(17-15)9-7-8(13)3-4-10(9)14/h3-7,11,17H,2,14-15H2,1H3. The van der Waals surface area contributed by atoms with Crippen molar-refractivity contribution in [2.24, 2.45) is 5.84 Å². The fourth-order valence-electron chi connectivity index (χ4n) is 1.95. The molecule has 0 saturated heterocycles. The number of nitrogens with two attached hydrogens (primary N) is 2. The fraction of sp³-hybridized carbons (Fsp3) is 0.250. The average Bonchev–Trinajstić information content (AvgIpc) is 2.83. The van der Waals surface area contributed by atoms with E-state index in [2.05, 4.69) is 33.3 Å². The average molecular weight is 310 g/mol. The fourth-order valence-corrected chi connectivity index (χ4v) is 2.33. The molecule has 1 aromatic carbocycles. The molecule has 2 rings (SSSR count). The van der Waals surface area contributed by atoms with Gasteiger partial charge in [-0.2, -0.15) is 0 Å². The molecule has 6 heteroatoms. The maximum atomic E-state index is 6.01. The van der Waals surface area contributed by atoms with Crippen LogP contribution in [0.25, 0.3) is 0 Å². The molecule has 0 aliphatic carbocycles. The number of aromatic nitrogens is 2. The van der Waals surface area contributed by atoms with Crippen molar-refractivity contribution in [2.45, 2.75) is 19.5 Å². The van der Waals surface area contributed by atoms with E-state index < -0.39 is 0 Å². The Balaban J connectivity index is 2.48. The Morgan fingerprint density at radius 1 is 1.50 bits per heavy atom. The van der Waals surface area contributed by atoms with Crippen LogP contribution < -0.4 is 17.0 Å². The van der Waals surface area contributed by atoms with Gasteiger partial charge in [-0.15, -0.1) is 0 Å². The van der Waals surface area contributed by atoms with Crippen LogP contribution in [0.5, 0.6) is 0 Å². The molecular weight excluding hydrogens is 294 g/mol. The maximum Gasteiger partial charge on any atom is 0.131 e. The van der Waals surface area contributed by atoms with Gasteiger partial charge in [0.1, 0.15) is 11.9 Å². The van der Waals surface area contributed by atoms with E-state index in [4.69, 9.17) is 11.6 Å². The number of hydrogen-bond acceptors (Lipinski definition) is 4. The highest BCUT2D eigenvalue weighted by Gasteiger charge is 2.19. The molecule has 0 saturated carbocycles. The molecule has 0 bridgehead atoms. The number of halogens is 1. The lowest BCUT2D eigenvalue weighted by Crippen LogP contribution is -2.31. The monoisotopic (exact) mass is 309 g/mol. The molecule has 0 radical (unpaired) electrons. The van der Waals surface area contributed by atoms with Crippen LogP contribution in [0.3, 0.4) is 0 Å². The highest BCUT2D eigenvalue weighted by Crippen LogP contribution is 2.28. The molecule has 0 spiro atoms. The zero-order valence-corrected chi connectivity index (χ0v) is 11.7. The van der Waals surface area contributed by atoms with Gasteiger partial charge in [-0.05, 0) is 25.1 Å². The quantitative estimate of drug-likeness (QED) is 0.457. The summed E-state index contributed by atoms with van der Waals surface area (Å²) in [6, 6.07) is 5.48. The summed E-state index contributed by atoms with van der Waals surface area (Å²) in [5, 5.41) is 0. The van der Waals surface area contributed by atoms with Gasteiger partial charge in [-0.3, -0.25) is 5.84 Å². The summed E-state index contributed by atoms with van der Waals surface area (Å²) in [4.78, 5) is 4.35. The second kappa shape index (κ2) is 5.51. The van der Waals surface area contributed by atoms with Crippen molar-refractivity contribution in [1.82, 2.24) is 15.0 Å². The minimum atomic E-state index is -0.225. The Labute approximate surface area is 114 Å². The zero-order valence-electron chi connectivity index (χ0n) is 10.1. The number of rotatable bonds is 4. The second-order valence-corrected chi connectivity index (χ2v) is 4.86. The highest BCUT2D eigenvalue weighted by atomic mass is 79.9. The molecule has 1 aromatic heterocycles. The van der Waals surface area contributed by atoms with Gasteiger partial charge >= 0.3 is 0 Å². The van der Waals surface area contributed by atoms with E-state index in [9.17, 15) is 0 Å². The van der Waals surface area contributed by atoms with E-state index in [0.29, 0.717) is 5.69 Å². The molecule has 0 aliphatic heterocycles. The number of aryl methyl sites for hydroxylation is 1. The van der Waals surface area contributed by atoms with Crippen LogP contribution in [0.4, 0.5) is 5.69 Å². The predicted octanol–water partition coefficient (Wildman–Crippen LogP) is 1.80. The van der Waals surface area contributed by atoms with E-state index in [-0.39, 0.29) is 6.04 Å². The number of nitrogens with one attached hydrogen (secondary N) is 1. The van der Waals surface area contributed by atoms with Crippen molar-refractivity contribution in [3.8, 4) is 0 Å². The summed E-state index contributed by atoms with van der Waals surface area (Å²) in [6.07, 6.45) is 3.69. The predicted molar refractivity (Wildman–Crippen MR) is 75.6 cm³/mol. The highest BCUT2D eigenvalue weighted by molar-refractivity contribution is 9.10. The second-order valence-electron chi connectivity index (χ2n) is 3.94. The minimum absolute atomic E-state index is 0.225. The lowest BCUT2D eigenvalue weighted by molar-refractivity contribution is 0.562. The third-order valence-electron chi connectivity index (χ3n) is 2.87. The summed E-state index contributed by atoms with van der Waals surface area (Å²) in [5.41, 5.74) is 10.4. The van der Waals surface area contributed by atoms with Gasteiger partial charge in [0.15, 0.2) is 0 Å². The third-order valence-corrected chi connectivity index (χ3v) is 3.37. The first-order valence-electron chi connectivity index (χ1n) is 5.69. The minimum Gasteiger partial charge on any atom is -0.398 e. The first-order chi connectivity index (χ1) is 8.67. The molecule has 5 N–H and O–H groups in total. The molecular formula is C12H16BrN5. The van der Waals surface area contributed by atoms with Crippen LogP contribution in [0.15, 0.2) is 35.1 Å². The Kier molecular flexibility index (Phi) is 4.00. The molecule has 0 fully saturated rings. The number of anilines is 1. The maximum absolute atomic E-state index is 6.01. The van der Waals surface area contributed by atoms with Crippen LogP contribution in [0.2, 0.25) is 0 Å². The molecule has 2 aromatic rings. The van der Waals surface area contributed by atoms with Crippen molar-refractivity contribution in [1.29, 1.82) is 0 Å². The van der Waals surface area contributed by atoms with Crippen molar-refractivity contribution >= 4 is 21.6 Å². The third kappa shape index (κ3) is 2.40. The zero-order chi connectivity index (χ0) is 13.1. The molecule has 1 heterocycles. The van der Waals surface area contributed by atoms with Gasteiger partial charge in [0.05, 0.1) is 0 Å². The number of nitrogens with zero attached hydrogens (tertiary/aromatic N) is 2. The van der Waals surface area contributed by atoms with Crippen molar-refractivity contribution in [2.75, 3.05) is 5.73 Å². The van der Waals surface area contributed by atoms with E-state index in [1.54, 1.807) is 6.20 Å². The Morgan fingerprint density at radius 3 is 2.94 bits per heavy atom. The van der Waals surface area contributed by atoms with Crippen LogP contribution in [0.1, 0.15) is 24.4 Å². The van der Waals surface area contributed by atoms with E-state index in [1.807, 2.05) is 29.0 Å². The van der Waals surface area contributed by atoms with E-state index in [0.717, 1.165) is 22.4 Å². The topological polar surface area (TPSA) is 81.9 Å². The van der Waals surface area contributed by atoms with Gasteiger partial charge < -0.3 is 10.3 Å². The number of nitrogen functional groups attached to an aromatic ring is 1. The largest absolute Gasteiger partial charge is 0.398 e. The Bertz CT molecular complexity index is 537. The van der Waals surface area contributed by atoms with Crippen molar-refractivity contribution in [3.05, 3.63) is 46.5 Å². The van der Waals surface area contributed by atoms with Gasteiger partial charge in [0, 0.05) is 34.7 Å². The van der Waals surface area contributed by atoms with Crippen LogP contribution >= 0.6 is 15.9 Å². The van der Waals surface area contributed by atoms with Gasteiger partial charge in [-0.25, -0.2) is 10.4 Å². The smallest absolute Gasteiger partial charge is 0.131 e. The lowest BCUT2D eigenvalue weighted by Gasteiger charge is -2.19. The summed E-state index contributed by atoms with van der Waals surface area (Å²) < 4.78 is 2.99. The summed E-state index contributed by atoms with van der Waals surface area (Å²) in [6.45, 7) is 2.89. The Hall–Kier alpha value is -1.37. The molecule has 1 atom stereocenters. The van der Waals surface area contributed by atoms with Gasteiger partial charge in [0.2, 0.25) is 0 Å². The van der Waals surface area contributed by atoms with Crippen LogP contribution in [-0.4, -0.2) is 9.55 Å². The summed E-state index contributed by atoms with van der Waals surface area (Å²) in [5.74, 6) is 6.52. The molecule has 96 valence electrons. The van der Waals surface area contributed by atoms with Gasteiger partial charge in [0.25, 0.3) is 0 Å². The molecule has 5 nitrogen and oxygen atoms in total. The first-order valence-corrected chi connectivity index (χ1v) is 6.48. The molecule has 1 unspecified atom stereocenters. The van der Waals surface area contributed by atoms with Crippen LogP contribution in [-0.2, 0) is 6.54 Å². The van der Waals surface area contributed by atoms with Crippen molar-refractivity contribution in [3.63, 3.8) is 0 Å². The first kappa shape index (κ1) is 13.1. The van der Waals surface area contributed by atoms with E-state index in [1.165, 1.54) is 0 Å². The SMILES string of the molecule is CCn1ccnc1C(NN)c1cc(Br)ccc1N. The molecule has 0 amide bonds. The van der Waals surface area contributed by atoms with Crippen LogP contribution in [0, 0.1) is 0 Å². The Morgan fingerprint density at radius 2 is 2.28 bits per heavy atom. The lowest BCUT2D eigenvalue weighted by atomic mass is 10.0. The molecule has 18 heavy (non-hydrogen) atoms. The van der Waals surface area contributed by atoms with Gasteiger partial charge in [-0.1, -0.05) is 15.9 Å². The number of benzene rings is 1. The van der Waals surface area contributed by atoms with E-state index >= 15 is 0 Å².